The average molecular weight is 416 g/mol. The van der Waals surface area contributed by atoms with E-state index in [0.29, 0.717) is 6.42 Å². The van der Waals surface area contributed by atoms with Gasteiger partial charge in [0, 0.05) is 23.0 Å². The standard InChI is InChI=1S/C18H26BrNO5/c1-9(2)12(8-21)20-7-11(17(23)24)16(22)14-10(3)15(19)13(25-5)6-18(14,20)4/h7,9-10,12,14,21H,6,8H2,1-5H3,(H,23,24). The second-order valence-electron chi connectivity index (χ2n) is 7.39. The van der Waals surface area contributed by atoms with Crippen LogP contribution in [0.2, 0.25) is 0 Å². The quantitative estimate of drug-likeness (QED) is 0.670. The Hall–Kier alpha value is -1.34. The molecule has 0 amide bonds. The number of carbonyl (C=O) groups is 2. The first-order valence-electron chi connectivity index (χ1n) is 8.41. The summed E-state index contributed by atoms with van der Waals surface area (Å²) in [6.45, 7) is 7.66. The number of ketones is 1. The third-order valence-corrected chi connectivity index (χ3v) is 6.72. The number of rotatable bonds is 5. The van der Waals surface area contributed by atoms with Crippen LogP contribution in [0.15, 0.2) is 22.0 Å². The molecule has 0 saturated heterocycles. The number of Topliss-reactive ketones (excluding diaryl/α,β-unsaturated/α-hetero) is 1. The number of ether oxygens (including phenoxy) is 1. The number of aliphatic carboxylic acids is 1. The Morgan fingerprint density at radius 2 is 2.12 bits per heavy atom. The van der Waals surface area contributed by atoms with Crippen molar-refractivity contribution in [3.05, 3.63) is 22.0 Å². The van der Waals surface area contributed by atoms with Crippen LogP contribution in [0.1, 0.15) is 34.1 Å². The summed E-state index contributed by atoms with van der Waals surface area (Å²) in [5, 5.41) is 19.4. The van der Waals surface area contributed by atoms with Gasteiger partial charge in [0.05, 0.1) is 31.2 Å². The number of hydrogen-bond donors (Lipinski definition) is 2. The molecule has 2 N–H and O–H groups in total. The van der Waals surface area contributed by atoms with Crippen molar-refractivity contribution in [1.29, 1.82) is 0 Å². The van der Waals surface area contributed by atoms with E-state index < -0.39 is 17.4 Å². The minimum absolute atomic E-state index is 0.0811. The Morgan fingerprint density at radius 1 is 1.52 bits per heavy atom. The van der Waals surface area contributed by atoms with Crippen LogP contribution in [0.25, 0.3) is 0 Å². The number of carboxylic acid groups (broad SMARTS) is 1. The average Bonchev–Trinajstić information content (AvgIpc) is 2.53. The van der Waals surface area contributed by atoms with Crippen LogP contribution >= 0.6 is 15.9 Å². The Kier molecular flexibility index (Phi) is 5.68. The van der Waals surface area contributed by atoms with Gasteiger partial charge in [-0.1, -0.05) is 36.7 Å². The molecule has 2 aliphatic rings. The molecule has 1 aliphatic heterocycles. The minimum atomic E-state index is -1.23. The number of aliphatic hydroxyl groups is 1. The van der Waals surface area contributed by atoms with Crippen molar-refractivity contribution in [2.45, 2.75) is 45.7 Å². The van der Waals surface area contributed by atoms with E-state index in [1.165, 1.54) is 6.20 Å². The van der Waals surface area contributed by atoms with Crippen molar-refractivity contribution >= 4 is 27.7 Å². The summed E-state index contributed by atoms with van der Waals surface area (Å²) in [7, 11) is 1.59. The number of fused-ring (bicyclic) bond motifs is 1. The third-order valence-electron chi connectivity index (χ3n) is 5.55. The first-order chi connectivity index (χ1) is 11.6. The first-order valence-corrected chi connectivity index (χ1v) is 9.20. The molecule has 6 nitrogen and oxygen atoms in total. The third kappa shape index (κ3) is 3.12. The number of hydrogen-bond acceptors (Lipinski definition) is 5. The topological polar surface area (TPSA) is 87.1 Å². The minimum Gasteiger partial charge on any atom is -0.500 e. The van der Waals surface area contributed by atoms with Crippen LogP contribution in [0.5, 0.6) is 0 Å². The van der Waals surface area contributed by atoms with Crippen molar-refractivity contribution < 1.29 is 24.5 Å². The predicted octanol–water partition coefficient (Wildman–Crippen LogP) is 2.52. The maximum Gasteiger partial charge on any atom is 0.340 e. The summed E-state index contributed by atoms with van der Waals surface area (Å²) in [6, 6.07) is -0.294. The second kappa shape index (κ2) is 7.11. The van der Waals surface area contributed by atoms with Gasteiger partial charge in [0.15, 0.2) is 5.78 Å². The lowest BCUT2D eigenvalue weighted by Gasteiger charge is -2.55. The van der Waals surface area contributed by atoms with Crippen molar-refractivity contribution in [2.75, 3.05) is 13.7 Å². The summed E-state index contributed by atoms with van der Waals surface area (Å²) >= 11 is 3.52. The van der Waals surface area contributed by atoms with E-state index in [2.05, 4.69) is 15.9 Å². The highest BCUT2D eigenvalue weighted by molar-refractivity contribution is 9.11. The normalized spacial score (nSPS) is 31.0. The van der Waals surface area contributed by atoms with Gasteiger partial charge in [0.2, 0.25) is 0 Å². The summed E-state index contributed by atoms with van der Waals surface area (Å²) < 4.78 is 6.31. The van der Waals surface area contributed by atoms with Gasteiger partial charge in [0.1, 0.15) is 11.3 Å². The molecule has 1 heterocycles. The van der Waals surface area contributed by atoms with Gasteiger partial charge >= 0.3 is 5.97 Å². The molecular weight excluding hydrogens is 390 g/mol. The molecule has 4 unspecified atom stereocenters. The number of carboxylic acids is 1. The van der Waals surface area contributed by atoms with Crippen LogP contribution < -0.4 is 0 Å². The maximum atomic E-state index is 13.0. The van der Waals surface area contributed by atoms with Crippen LogP contribution in [-0.2, 0) is 14.3 Å². The van der Waals surface area contributed by atoms with Crippen molar-refractivity contribution in [2.24, 2.45) is 17.8 Å². The first kappa shape index (κ1) is 20.0. The highest BCUT2D eigenvalue weighted by atomic mass is 79.9. The number of methoxy groups -OCH3 is 1. The Labute approximate surface area is 156 Å². The number of halogens is 1. The lowest BCUT2D eigenvalue weighted by Crippen LogP contribution is -2.63. The van der Waals surface area contributed by atoms with Crippen molar-refractivity contribution in [3.8, 4) is 0 Å². The van der Waals surface area contributed by atoms with E-state index in [1.807, 2.05) is 32.6 Å². The SMILES string of the molecule is COC1=C(Br)C(C)C2C(=O)C(C(=O)O)=CN(C(CO)C(C)C)C2(C)C1. The summed E-state index contributed by atoms with van der Waals surface area (Å²) in [6.07, 6.45) is 1.87. The molecule has 0 aromatic carbocycles. The van der Waals surface area contributed by atoms with E-state index in [1.54, 1.807) is 7.11 Å². The summed E-state index contributed by atoms with van der Waals surface area (Å²) in [5.41, 5.74) is -0.898. The molecule has 0 bridgehead atoms. The number of nitrogens with zero attached hydrogens (tertiary/aromatic N) is 1. The van der Waals surface area contributed by atoms with E-state index in [9.17, 15) is 19.8 Å². The van der Waals surface area contributed by atoms with Crippen molar-refractivity contribution in [1.82, 2.24) is 4.90 Å². The largest absolute Gasteiger partial charge is 0.500 e. The highest BCUT2D eigenvalue weighted by Crippen LogP contribution is 2.51. The molecule has 0 spiro atoms. The van der Waals surface area contributed by atoms with Crippen LogP contribution in [0.3, 0.4) is 0 Å². The second-order valence-corrected chi connectivity index (χ2v) is 8.24. The summed E-state index contributed by atoms with van der Waals surface area (Å²) in [4.78, 5) is 26.5. The molecule has 1 aliphatic carbocycles. The van der Waals surface area contributed by atoms with E-state index in [4.69, 9.17) is 4.74 Å². The van der Waals surface area contributed by atoms with E-state index in [0.717, 1.165) is 10.2 Å². The van der Waals surface area contributed by atoms with Gasteiger partial charge in [-0.25, -0.2) is 4.79 Å². The van der Waals surface area contributed by atoms with Gasteiger partial charge in [-0.2, -0.15) is 0 Å². The molecule has 2 rings (SSSR count). The van der Waals surface area contributed by atoms with Gasteiger partial charge in [-0.3, -0.25) is 4.79 Å². The van der Waals surface area contributed by atoms with Gasteiger partial charge in [-0.15, -0.1) is 0 Å². The van der Waals surface area contributed by atoms with Crippen molar-refractivity contribution in [3.63, 3.8) is 0 Å². The fourth-order valence-electron chi connectivity index (χ4n) is 4.16. The zero-order valence-electron chi connectivity index (χ0n) is 15.2. The predicted molar refractivity (Wildman–Crippen MR) is 96.9 cm³/mol. The molecule has 0 fully saturated rings. The molecule has 4 atom stereocenters. The Bertz CT molecular complexity index is 641. The molecule has 7 heteroatoms. The molecule has 140 valence electrons. The molecule has 25 heavy (non-hydrogen) atoms. The van der Waals surface area contributed by atoms with Gasteiger partial charge < -0.3 is 19.8 Å². The zero-order chi connectivity index (χ0) is 19.1. The fraction of sp³-hybridized carbons (Fsp3) is 0.667. The van der Waals surface area contributed by atoms with E-state index in [-0.39, 0.29) is 35.8 Å². The molecule has 0 radical (unpaired) electrons. The molecule has 0 saturated carbocycles. The maximum absolute atomic E-state index is 13.0. The van der Waals surface area contributed by atoms with Crippen LogP contribution in [-0.4, -0.2) is 52.2 Å². The molecule has 0 aromatic rings. The zero-order valence-corrected chi connectivity index (χ0v) is 16.8. The van der Waals surface area contributed by atoms with Crippen LogP contribution in [0.4, 0.5) is 0 Å². The lowest BCUT2D eigenvalue weighted by atomic mass is 9.64. The monoisotopic (exact) mass is 415 g/mol. The van der Waals surface area contributed by atoms with E-state index >= 15 is 0 Å². The van der Waals surface area contributed by atoms with Crippen LogP contribution in [0, 0.1) is 17.8 Å². The number of aliphatic hydroxyl groups excluding tert-OH is 1. The fourth-order valence-corrected chi connectivity index (χ4v) is 4.73. The molecular formula is C18H26BrNO5. The smallest absolute Gasteiger partial charge is 0.340 e. The Balaban J connectivity index is 2.68. The number of carbonyl (C=O) groups excluding carboxylic acids is 1. The van der Waals surface area contributed by atoms with Gasteiger partial charge in [-0.05, 0) is 12.8 Å². The Morgan fingerprint density at radius 3 is 2.56 bits per heavy atom. The summed E-state index contributed by atoms with van der Waals surface area (Å²) in [5.74, 6) is -1.54. The highest BCUT2D eigenvalue weighted by Gasteiger charge is 2.56. The molecule has 0 aromatic heterocycles. The lowest BCUT2D eigenvalue weighted by molar-refractivity contribution is -0.140. The van der Waals surface area contributed by atoms with Gasteiger partial charge in [0.25, 0.3) is 0 Å². The number of allylic oxidation sites excluding steroid dienone is 1.